The number of nitrogens with one attached hydrogen (secondary N) is 2. The molecule has 2 aromatic carbocycles. The number of rotatable bonds is 4. The monoisotopic (exact) mass is 393 g/mol. The van der Waals surface area contributed by atoms with Crippen molar-refractivity contribution >= 4 is 34.1 Å². The maximum Gasteiger partial charge on any atom is 0.251 e. The first-order chi connectivity index (χ1) is 13.6. The number of carbonyl (C=O) groups excluding carboxylic acids is 1. The second-order valence-corrected chi connectivity index (χ2v) is 7.99. The van der Waals surface area contributed by atoms with Gasteiger partial charge in [-0.3, -0.25) is 9.78 Å². The molecule has 4 nitrogen and oxygen atoms in total. The van der Waals surface area contributed by atoms with E-state index in [1.54, 1.807) is 0 Å². The van der Waals surface area contributed by atoms with Gasteiger partial charge in [-0.1, -0.05) is 29.3 Å². The molecule has 0 unspecified atom stereocenters. The second kappa shape index (κ2) is 8.19. The van der Waals surface area contributed by atoms with Gasteiger partial charge in [-0.05, 0) is 69.0 Å². The zero-order valence-electron chi connectivity index (χ0n) is 15.9. The Bertz CT molecular complexity index is 996. The molecule has 0 aliphatic heterocycles. The minimum absolute atomic E-state index is 0.0251. The summed E-state index contributed by atoms with van der Waals surface area (Å²) >= 11 is 6.08. The van der Waals surface area contributed by atoms with Gasteiger partial charge in [-0.25, -0.2) is 0 Å². The number of aryl methyl sites for hydroxylation is 1. The van der Waals surface area contributed by atoms with Gasteiger partial charge in [0.2, 0.25) is 0 Å². The number of halogens is 1. The summed E-state index contributed by atoms with van der Waals surface area (Å²) in [4.78, 5) is 16.9. The lowest BCUT2D eigenvalue weighted by atomic mass is 9.90. The lowest BCUT2D eigenvalue weighted by Crippen LogP contribution is -2.40. The fraction of sp³-hybridized carbons (Fsp3) is 0.304. The second-order valence-electron chi connectivity index (χ2n) is 7.56. The summed E-state index contributed by atoms with van der Waals surface area (Å²) in [5, 5.41) is 8.63. The lowest BCUT2D eigenvalue weighted by molar-refractivity contribution is 0.0926. The summed E-state index contributed by atoms with van der Waals surface area (Å²) in [6, 6.07) is 16.2. The van der Waals surface area contributed by atoms with E-state index in [4.69, 9.17) is 11.6 Å². The normalized spacial score (nSPS) is 19.4. The Labute approximate surface area is 170 Å². The number of nitrogens with zero attached hydrogens (tertiary/aromatic N) is 1. The molecule has 0 spiro atoms. The highest BCUT2D eigenvalue weighted by molar-refractivity contribution is 6.31. The fourth-order valence-corrected chi connectivity index (χ4v) is 4.07. The quantitative estimate of drug-likeness (QED) is 0.628. The molecule has 0 atom stereocenters. The Kier molecular flexibility index (Phi) is 5.49. The number of fused-ring (bicyclic) bond motifs is 1. The molecule has 0 bridgehead atoms. The van der Waals surface area contributed by atoms with Crippen LogP contribution in [0.3, 0.4) is 0 Å². The molecular formula is C23H24ClN3O. The van der Waals surface area contributed by atoms with Crippen LogP contribution in [-0.2, 0) is 0 Å². The van der Waals surface area contributed by atoms with E-state index in [1.165, 1.54) is 0 Å². The summed E-state index contributed by atoms with van der Waals surface area (Å²) in [5.41, 5.74) is 3.83. The maximum absolute atomic E-state index is 12.5. The average Bonchev–Trinajstić information content (AvgIpc) is 2.69. The number of aromatic nitrogens is 1. The van der Waals surface area contributed by atoms with Crippen molar-refractivity contribution in [1.29, 1.82) is 0 Å². The van der Waals surface area contributed by atoms with Crippen LogP contribution in [0.4, 0.5) is 5.69 Å². The predicted molar refractivity (Wildman–Crippen MR) is 115 cm³/mol. The topological polar surface area (TPSA) is 54.0 Å². The summed E-state index contributed by atoms with van der Waals surface area (Å²) in [5.74, 6) is 0.0251. The fourth-order valence-electron chi connectivity index (χ4n) is 3.90. The van der Waals surface area contributed by atoms with E-state index in [0.29, 0.717) is 11.1 Å². The van der Waals surface area contributed by atoms with Crippen LogP contribution >= 0.6 is 11.6 Å². The van der Waals surface area contributed by atoms with Crippen LogP contribution in [0.25, 0.3) is 10.9 Å². The first-order valence-corrected chi connectivity index (χ1v) is 10.1. The number of pyridine rings is 1. The van der Waals surface area contributed by atoms with Gasteiger partial charge in [0.25, 0.3) is 5.91 Å². The van der Waals surface area contributed by atoms with Gasteiger partial charge in [-0.15, -0.1) is 0 Å². The summed E-state index contributed by atoms with van der Waals surface area (Å²) in [6.45, 7) is 2.00. The van der Waals surface area contributed by atoms with Crippen molar-refractivity contribution in [2.24, 2.45) is 0 Å². The van der Waals surface area contributed by atoms with E-state index in [9.17, 15) is 4.79 Å². The largest absolute Gasteiger partial charge is 0.382 e. The molecule has 5 heteroatoms. The van der Waals surface area contributed by atoms with E-state index < -0.39 is 0 Å². The Morgan fingerprint density at radius 1 is 1.04 bits per heavy atom. The van der Waals surface area contributed by atoms with Gasteiger partial charge < -0.3 is 10.6 Å². The van der Waals surface area contributed by atoms with Crippen molar-refractivity contribution in [2.75, 3.05) is 5.32 Å². The highest BCUT2D eigenvalue weighted by Gasteiger charge is 2.23. The van der Waals surface area contributed by atoms with Crippen LogP contribution in [0.2, 0.25) is 5.02 Å². The number of amides is 1. The Hall–Kier alpha value is -2.59. The highest BCUT2D eigenvalue weighted by Crippen LogP contribution is 2.28. The Morgan fingerprint density at radius 3 is 2.61 bits per heavy atom. The van der Waals surface area contributed by atoms with Crippen molar-refractivity contribution in [3.63, 3.8) is 0 Å². The van der Waals surface area contributed by atoms with Crippen LogP contribution in [-0.4, -0.2) is 23.0 Å². The third-order valence-electron chi connectivity index (χ3n) is 5.41. The van der Waals surface area contributed by atoms with Crippen LogP contribution in [0.1, 0.15) is 41.6 Å². The molecule has 0 radical (unpaired) electrons. The van der Waals surface area contributed by atoms with Gasteiger partial charge in [0, 0.05) is 39.9 Å². The van der Waals surface area contributed by atoms with Crippen molar-refractivity contribution in [1.82, 2.24) is 10.3 Å². The zero-order valence-corrected chi connectivity index (χ0v) is 16.7. The van der Waals surface area contributed by atoms with Crippen LogP contribution in [0.15, 0.2) is 54.7 Å². The summed E-state index contributed by atoms with van der Waals surface area (Å²) in [7, 11) is 0. The minimum atomic E-state index is 0.0251. The smallest absolute Gasteiger partial charge is 0.251 e. The number of benzene rings is 2. The molecule has 1 saturated carbocycles. The molecule has 1 aromatic heterocycles. The zero-order chi connectivity index (χ0) is 19.5. The van der Waals surface area contributed by atoms with E-state index in [2.05, 4.69) is 15.6 Å². The first-order valence-electron chi connectivity index (χ1n) is 9.77. The van der Waals surface area contributed by atoms with E-state index in [1.807, 2.05) is 61.7 Å². The van der Waals surface area contributed by atoms with Crippen molar-refractivity contribution in [2.45, 2.75) is 44.7 Å². The van der Waals surface area contributed by atoms with Gasteiger partial charge >= 0.3 is 0 Å². The maximum atomic E-state index is 12.5. The molecule has 3 aromatic rings. The van der Waals surface area contributed by atoms with Crippen molar-refractivity contribution < 1.29 is 4.79 Å². The third kappa shape index (κ3) is 4.28. The Morgan fingerprint density at radius 2 is 1.82 bits per heavy atom. The standard InChI is InChI=1S/C23H24ClN3O/c1-15-3-2-4-16(13-15)23(28)27-19-8-6-18(7-9-19)26-21-11-12-25-22-14-17(24)5-10-20(21)22/h2-5,10-14,18-19H,6-9H2,1H3,(H,25,26)(H,27,28). The molecule has 2 N–H and O–H groups in total. The molecule has 1 fully saturated rings. The molecule has 144 valence electrons. The molecule has 1 heterocycles. The van der Waals surface area contributed by atoms with Crippen LogP contribution < -0.4 is 10.6 Å². The Balaban J connectivity index is 1.35. The van der Waals surface area contributed by atoms with Gasteiger partial charge in [-0.2, -0.15) is 0 Å². The van der Waals surface area contributed by atoms with Crippen LogP contribution in [0.5, 0.6) is 0 Å². The number of carbonyl (C=O) groups is 1. The van der Waals surface area contributed by atoms with E-state index in [-0.39, 0.29) is 11.9 Å². The molecule has 1 aliphatic rings. The van der Waals surface area contributed by atoms with Crippen LogP contribution in [0, 0.1) is 6.92 Å². The lowest BCUT2D eigenvalue weighted by Gasteiger charge is -2.30. The molecule has 28 heavy (non-hydrogen) atoms. The van der Waals surface area contributed by atoms with Gasteiger partial charge in [0.1, 0.15) is 0 Å². The number of hydrogen-bond donors (Lipinski definition) is 2. The van der Waals surface area contributed by atoms with Gasteiger partial charge in [0.15, 0.2) is 0 Å². The minimum Gasteiger partial charge on any atom is -0.382 e. The SMILES string of the molecule is Cc1cccc(C(=O)NC2CCC(Nc3ccnc4cc(Cl)ccc34)CC2)c1. The summed E-state index contributed by atoms with van der Waals surface area (Å²) in [6.07, 6.45) is 5.81. The molecule has 4 rings (SSSR count). The first kappa shape index (κ1) is 18.8. The van der Waals surface area contributed by atoms with Crippen molar-refractivity contribution in [3.05, 3.63) is 70.9 Å². The van der Waals surface area contributed by atoms with Gasteiger partial charge in [0.05, 0.1) is 5.52 Å². The molecule has 0 saturated heterocycles. The average molecular weight is 394 g/mol. The third-order valence-corrected chi connectivity index (χ3v) is 5.64. The molecule has 1 aliphatic carbocycles. The van der Waals surface area contributed by atoms with Crippen molar-refractivity contribution in [3.8, 4) is 0 Å². The van der Waals surface area contributed by atoms with E-state index in [0.717, 1.165) is 53.4 Å². The molecule has 1 amide bonds. The number of hydrogen-bond acceptors (Lipinski definition) is 3. The highest BCUT2D eigenvalue weighted by atomic mass is 35.5. The summed E-state index contributed by atoms with van der Waals surface area (Å²) < 4.78 is 0. The van der Waals surface area contributed by atoms with E-state index >= 15 is 0 Å². The number of anilines is 1. The molecular weight excluding hydrogens is 370 g/mol. The predicted octanol–water partition coefficient (Wildman–Crippen LogP) is 5.35.